The number of carbonyl (C=O) groups is 2. The van der Waals surface area contributed by atoms with Crippen molar-refractivity contribution in [3.8, 4) is 5.75 Å². The van der Waals surface area contributed by atoms with Crippen LogP contribution in [0.25, 0.3) is 10.9 Å². The van der Waals surface area contributed by atoms with Gasteiger partial charge >= 0.3 is 0 Å². The molecule has 7 nitrogen and oxygen atoms in total. The fourth-order valence-electron chi connectivity index (χ4n) is 1.67. The Hall–Kier alpha value is -2.54. The van der Waals surface area contributed by atoms with Gasteiger partial charge in [-0.2, -0.15) is 0 Å². The van der Waals surface area contributed by atoms with Crippen molar-refractivity contribution in [3.63, 3.8) is 0 Å². The molecule has 1 heterocycles. The molecular weight excluding hydrogens is 224 g/mol. The number of hydrogen-bond donors (Lipinski definition) is 4. The maximum Gasteiger partial charge on any atom is 0.253 e. The fourth-order valence-corrected chi connectivity index (χ4v) is 1.67. The molecule has 0 spiro atoms. The van der Waals surface area contributed by atoms with Crippen molar-refractivity contribution in [2.45, 2.75) is 0 Å². The molecule has 1 aromatic carbocycles. The first-order chi connectivity index (χ1) is 8.04. The zero-order chi connectivity index (χ0) is 12.6. The summed E-state index contributed by atoms with van der Waals surface area (Å²) in [7, 11) is 0. The zero-order valence-electron chi connectivity index (χ0n) is 8.68. The topological polar surface area (TPSA) is 125 Å². The van der Waals surface area contributed by atoms with Crippen LogP contribution in [0, 0.1) is 0 Å². The highest BCUT2D eigenvalue weighted by Crippen LogP contribution is 2.29. The van der Waals surface area contributed by atoms with Crippen molar-refractivity contribution in [2.24, 2.45) is 11.6 Å². The molecule has 2 rings (SSSR count). The fraction of sp³-hybridized carbons (Fsp3) is 0. The number of hydrazine groups is 1. The van der Waals surface area contributed by atoms with Gasteiger partial charge in [0, 0.05) is 11.5 Å². The monoisotopic (exact) mass is 234 g/mol. The summed E-state index contributed by atoms with van der Waals surface area (Å²) in [5.74, 6) is 4.80. The smallest absolute Gasteiger partial charge is 0.253 e. The van der Waals surface area contributed by atoms with Gasteiger partial charge in [-0.25, -0.2) is 10.9 Å². The first-order valence-electron chi connectivity index (χ1n) is 4.68. The van der Waals surface area contributed by atoms with Crippen LogP contribution < -0.4 is 16.6 Å². The van der Waals surface area contributed by atoms with E-state index in [4.69, 9.17) is 11.6 Å². The van der Waals surface area contributed by atoms with Crippen molar-refractivity contribution in [1.29, 1.82) is 0 Å². The van der Waals surface area contributed by atoms with E-state index in [1.165, 1.54) is 18.2 Å². The molecule has 2 amide bonds. The van der Waals surface area contributed by atoms with Crippen LogP contribution in [0.5, 0.6) is 5.75 Å². The third kappa shape index (κ3) is 1.68. The Balaban J connectivity index is 2.79. The minimum absolute atomic E-state index is 0.0241. The lowest BCUT2D eigenvalue weighted by molar-refractivity contribution is -0.107. The highest BCUT2D eigenvalue weighted by molar-refractivity contribution is 6.12. The molecule has 0 aliphatic carbocycles. The third-order valence-electron chi connectivity index (χ3n) is 2.38. The minimum atomic E-state index is -0.714. The first-order valence-corrected chi connectivity index (χ1v) is 4.68. The van der Waals surface area contributed by atoms with Gasteiger partial charge in [0.25, 0.3) is 5.91 Å². The average molecular weight is 234 g/mol. The standard InChI is InChI=1S/C10H10N4O3/c11-9(17)8-6-2-1-5(16)3-7(6)13-10(8)14(12)4-15/h1-4,13,16H,12H2,(H2,11,17). The number of phenolic OH excluding ortho intramolecular Hbond substituents is 1. The predicted molar refractivity (Wildman–Crippen MR) is 61.2 cm³/mol. The van der Waals surface area contributed by atoms with Crippen LogP contribution in [0.2, 0.25) is 0 Å². The molecule has 0 saturated carbocycles. The van der Waals surface area contributed by atoms with Crippen molar-refractivity contribution in [3.05, 3.63) is 23.8 Å². The second kappa shape index (κ2) is 3.80. The van der Waals surface area contributed by atoms with Gasteiger partial charge < -0.3 is 15.8 Å². The molecule has 17 heavy (non-hydrogen) atoms. The van der Waals surface area contributed by atoms with Gasteiger partial charge in [0.1, 0.15) is 11.6 Å². The number of phenols is 1. The van der Waals surface area contributed by atoms with E-state index in [9.17, 15) is 14.7 Å². The predicted octanol–water partition coefficient (Wildman–Crippen LogP) is -0.191. The summed E-state index contributed by atoms with van der Waals surface area (Å²) in [5, 5.41) is 10.5. The second-order valence-corrected chi connectivity index (χ2v) is 3.46. The summed E-state index contributed by atoms with van der Waals surface area (Å²) in [6, 6.07) is 4.33. The van der Waals surface area contributed by atoms with E-state index < -0.39 is 5.91 Å². The number of rotatable bonds is 3. The van der Waals surface area contributed by atoms with Crippen LogP contribution in [0.15, 0.2) is 18.2 Å². The number of amides is 2. The summed E-state index contributed by atoms with van der Waals surface area (Å²) in [4.78, 5) is 24.7. The van der Waals surface area contributed by atoms with Crippen LogP contribution in [0.1, 0.15) is 10.4 Å². The molecule has 0 bridgehead atoms. The number of hydrogen-bond acceptors (Lipinski definition) is 4. The van der Waals surface area contributed by atoms with Gasteiger partial charge in [-0.05, 0) is 12.1 Å². The summed E-state index contributed by atoms with van der Waals surface area (Å²) in [6.07, 6.45) is 0.344. The van der Waals surface area contributed by atoms with Gasteiger partial charge in [0.2, 0.25) is 6.41 Å². The Morgan fingerprint density at radius 2 is 2.18 bits per heavy atom. The number of anilines is 1. The molecule has 88 valence electrons. The zero-order valence-corrected chi connectivity index (χ0v) is 8.68. The normalized spacial score (nSPS) is 10.4. The highest BCUT2D eigenvalue weighted by atomic mass is 16.3. The van der Waals surface area contributed by atoms with Crippen LogP contribution in [0.3, 0.4) is 0 Å². The Kier molecular flexibility index (Phi) is 2.45. The number of nitrogens with zero attached hydrogens (tertiary/aromatic N) is 1. The van der Waals surface area contributed by atoms with E-state index in [1.54, 1.807) is 0 Å². The number of benzene rings is 1. The summed E-state index contributed by atoms with van der Waals surface area (Å²) >= 11 is 0. The third-order valence-corrected chi connectivity index (χ3v) is 2.38. The molecule has 0 saturated heterocycles. The lowest BCUT2D eigenvalue weighted by Crippen LogP contribution is -2.31. The Labute approximate surface area is 95.6 Å². The highest BCUT2D eigenvalue weighted by Gasteiger charge is 2.19. The van der Waals surface area contributed by atoms with Gasteiger partial charge in [-0.1, -0.05) is 0 Å². The molecule has 1 aromatic heterocycles. The van der Waals surface area contributed by atoms with Gasteiger partial charge in [-0.15, -0.1) is 0 Å². The van der Waals surface area contributed by atoms with Crippen LogP contribution in [-0.2, 0) is 4.79 Å². The average Bonchev–Trinajstić information content (AvgIpc) is 2.66. The molecule has 6 N–H and O–H groups in total. The van der Waals surface area contributed by atoms with E-state index in [0.717, 1.165) is 5.01 Å². The van der Waals surface area contributed by atoms with Crippen LogP contribution >= 0.6 is 0 Å². The largest absolute Gasteiger partial charge is 0.508 e. The number of aromatic amines is 1. The second-order valence-electron chi connectivity index (χ2n) is 3.46. The maximum absolute atomic E-state index is 11.3. The van der Waals surface area contributed by atoms with Crippen molar-refractivity contribution in [1.82, 2.24) is 4.98 Å². The lowest BCUT2D eigenvalue weighted by Gasteiger charge is -2.08. The summed E-state index contributed by atoms with van der Waals surface area (Å²) in [5.41, 5.74) is 5.81. The number of fused-ring (bicyclic) bond motifs is 1. The molecule has 0 unspecified atom stereocenters. The van der Waals surface area contributed by atoms with E-state index in [-0.39, 0.29) is 17.1 Å². The molecule has 0 radical (unpaired) electrons. The summed E-state index contributed by atoms with van der Waals surface area (Å²) in [6.45, 7) is 0. The van der Waals surface area contributed by atoms with E-state index in [0.29, 0.717) is 17.3 Å². The summed E-state index contributed by atoms with van der Waals surface area (Å²) < 4.78 is 0. The lowest BCUT2D eigenvalue weighted by atomic mass is 10.1. The number of aromatic hydroxyl groups is 1. The quantitative estimate of drug-likeness (QED) is 0.254. The van der Waals surface area contributed by atoms with Crippen molar-refractivity contribution in [2.75, 3.05) is 5.01 Å². The molecular formula is C10H10N4O3. The van der Waals surface area contributed by atoms with Crippen LogP contribution in [-0.4, -0.2) is 22.4 Å². The van der Waals surface area contributed by atoms with Gasteiger partial charge in [-0.3, -0.25) is 9.59 Å². The molecule has 2 aromatic rings. The maximum atomic E-state index is 11.3. The van der Waals surface area contributed by atoms with Crippen molar-refractivity contribution < 1.29 is 14.7 Å². The van der Waals surface area contributed by atoms with Crippen molar-refractivity contribution >= 4 is 29.0 Å². The molecule has 0 aliphatic rings. The Morgan fingerprint density at radius 3 is 2.76 bits per heavy atom. The number of nitrogens with two attached hydrogens (primary N) is 2. The number of H-pyrrole nitrogens is 1. The van der Waals surface area contributed by atoms with E-state index in [1.807, 2.05) is 0 Å². The van der Waals surface area contributed by atoms with Gasteiger partial charge in [0.05, 0.1) is 11.1 Å². The molecule has 0 atom stereocenters. The van der Waals surface area contributed by atoms with Gasteiger partial charge in [0.15, 0.2) is 0 Å². The Bertz CT molecular complexity index is 605. The van der Waals surface area contributed by atoms with E-state index >= 15 is 0 Å². The SMILES string of the molecule is NC(=O)c1c(N(N)C=O)[nH]c2cc(O)ccc12. The number of carbonyl (C=O) groups excluding carboxylic acids is 2. The number of aromatic nitrogens is 1. The minimum Gasteiger partial charge on any atom is -0.508 e. The number of primary amides is 1. The first kappa shape index (κ1) is 11.0. The van der Waals surface area contributed by atoms with Crippen LogP contribution in [0.4, 0.5) is 5.82 Å². The Morgan fingerprint density at radius 1 is 1.47 bits per heavy atom. The molecule has 7 heteroatoms. The molecule has 0 fully saturated rings. The number of nitrogens with one attached hydrogen (secondary N) is 1. The van der Waals surface area contributed by atoms with E-state index in [2.05, 4.69) is 4.98 Å². The molecule has 0 aliphatic heterocycles.